The van der Waals surface area contributed by atoms with E-state index in [0.717, 1.165) is 15.3 Å². The van der Waals surface area contributed by atoms with Crippen molar-refractivity contribution in [2.75, 3.05) is 6.61 Å². The van der Waals surface area contributed by atoms with Gasteiger partial charge in [0, 0.05) is 9.75 Å². The highest BCUT2D eigenvalue weighted by Gasteiger charge is 2.19. The summed E-state index contributed by atoms with van der Waals surface area (Å²) >= 11 is 2.80. The van der Waals surface area contributed by atoms with Crippen molar-refractivity contribution in [1.29, 1.82) is 0 Å². The van der Waals surface area contributed by atoms with Crippen molar-refractivity contribution < 1.29 is 18.7 Å². The topological polar surface area (TPSA) is 55.4 Å². The summed E-state index contributed by atoms with van der Waals surface area (Å²) in [5.41, 5.74) is 0.752. The number of halogens is 1. The Bertz CT molecular complexity index is 888. The fraction of sp³-hybridized carbons (Fsp3) is 0.158. The van der Waals surface area contributed by atoms with E-state index in [1.165, 1.54) is 34.8 Å². The first kappa shape index (κ1) is 18.3. The van der Waals surface area contributed by atoms with E-state index in [4.69, 9.17) is 4.74 Å². The van der Waals surface area contributed by atoms with E-state index in [1.807, 2.05) is 30.5 Å². The van der Waals surface area contributed by atoms with Gasteiger partial charge in [-0.2, -0.15) is 0 Å². The molecule has 2 aromatic heterocycles. The lowest BCUT2D eigenvalue weighted by Crippen LogP contribution is -2.32. The number of esters is 1. The molecule has 0 aliphatic rings. The Morgan fingerprint density at radius 2 is 1.92 bits per heavy atom. The van der Waals surface area contributed by atoms with Gasteiger partial charge in [-0.3, -0.25) is 4.79 Å². The molecule has 0 unspecified atom stereocenters. The minimum Gasteiger partial charge on any atom is -0.451 e. The van der Waals surface area contributed by atoms with Gasteiger partial charge in [-0.15, -0.1) is 22.7 Å². The van der Waals surface area contributed by atoms with Crippen molar-refractivity contribution in [1.82, 2.24) is 5.32 Å². The number of rotatable bonds is 6. The molecule has 0 radical (unpaired) electrons. The number of hydrogen-bond donors (Lipinski definition) is 1. The summed E-state index contributed by atoms with van der Waals surface area (Å²) in [4.78, 5) is 26.6. The molecule has 0 aliphatic heterocycles. The molecule has 0 bridgehead atoms. The van der Waals surface area contributed by atoms with Crippen LogP contribution in [-0.4, -0.2) is 18.5 Å². The summed E-state index contributed by atoms with van der Waals surface area (Å²) in [5, 5.41) is 4.74. The summed E-state index contributed by atoms with van der Waals surface area (Å²) in [7, 11) is 0. The van der Waals surface area contributed by atoms with Crippen molar-refractivity contribution in [2.24, 2.45) is 0 Å². The summed E-state index contributed by atoms with van der Waals surface area (Å²) in [5.74, 6) is -1.28. The van der Waals surface area contributed by atoms with E-state index in [0.29, 0.717) is 4.88 Å². The number of aryl methyl sites for hydroxylation is 1. The molecule has 0 spiro atoms. The van der Waals surface area contributed by atoms with E-state index in [1.54, 1.807) is 18.2 Å². The monoisotopic (exact) mass is 389 g/mol. The number of carbonyl (C=O) groups is 2. The lowest BCUT2D eigenvalue weighted by atomic mass is 10.1. The second-order valence-electron chi connectivity index (χ2n) is 5.55. The molecule has 4 nitrogen and oxygen atoms in total. The highest BCUT2D eigenvalue weighted by atomic mass is 32.1. The van der Waals surface area contributed by atoms with Gasteiger partial charge in [0.15, 0.2) is 6.61 Å². The maximum Gasteiger partial charge on any atom is 0.348 e. The molecular weight excluding hydrogens is 373 g/mol. The number of ether oxygens (including phenoxy) is 1. The van der Waals surface area contributed by atoms with Gasteiger partial charge >= 0.3 is 5.97 Å². The third-order valence-electron chi connectivity index (χ3n) is 3.61. The van der Waals surface area contributed by atoms with Gasteiger partial charge in [0.2, 0.25) is 0 Å². The Morgan fingerprint density at radius 3 is 2.54 bits per heavy atom. The number of nitrogens with one attached hydrogen (secondary N) is 1. The molecule has 0 aliphatic carbocycles. The quantitative estimate of drug-likeness (QED) is 0.639. The molecule has 26 heavy (non-hydrogen) atoms. The molecule has 0 saturated carbocycles. The second-order valence-corrected chi connectivity index (χ2v) is 7.82. The second kappa shape index (κ2) is 8.25. The van der Waals surface area contributed by atoms with E-state index in [-0.39, 0.29) is 12.4 Å². The normalized spacial score (nSPS) is 11.8. The number of carbonyl (C=O) groups excluding carboxylic acids is 2. The molecule has 134 valence electrons. The lowest BCUT2D eigenvalue weighted by Gasteiger charge is -2.18. The van der Waals surface area contributed by atoms with E-state index in [2.05, 4.69) is 5.32 Å². The van der Waals surface area contributed by atoms with Gasteiger partial charge < -0.3 is 10.1 Å². The SMILES string of the molecule is Cc1ccc(C(=O)OCC(=O)N[C@H](c2ccc(F)cc2)c2cccs2)s1. The van der Waals surface area contributed by atoms with Crippen LogP contribution >= 0.6 is 22.7 Å². The Hall–Kier alpha value is -2.51. The minimum atomic E-state index is -0.521. The number of hydrogen-bond acceptors (Lipinski definition) is 5. The first-order valence-electron chi connectivity index (χ1n) is 7.85. The van der Waals surface area contributed by atoms with Crippen LogP contribution < -0.4 is 5.32 Å². The maximum atomic E-state index is 13.2. The van der Waals surface area contributed by atoms with E-state index >= 15 is 0 Å². The zero-order valence-corrected chi connectivity index (χ0v) is 15.5. The van der Waals surface area contributed by atoms with Crippen LogP contribution in [0.25, 0.3) is 0 Å². The smallest absolute Gasteiger partial charge is 0.348 e. The number of thiophene rings is 2. The van der Waals surface area contributed by atoms with Crippen LogP contribution in [0.4, 0.5) is 4.39 Å². The van der Waals surface area contributed by atoms with E-state index in [9.17, 15) is 14.0 Å². The lowest BCUT2D eigenvalue weighted by molar-refractivity contribution is -0.124. The van der Waals surface area contributed by atoms with Gasteiger partial charge in [0.1, 0.15) is 10.7 Å². The first-order valence-corrected chi connectivity index (χ1v) is 9.54. The van der Waals surface area contributed by atoms with Gasteiger partial charge in [-0.1, -0.05) is 18.2 Å². The van der Waals surface area contributed by atoms with Crippen molar-refractivity contribution in [3.63, 3.8) is 0 Å². The number of amides is 1. The third-order valence-corrected chi connectivity index (χ3v) is 5.53. The average molecular weight is 389 g/mol. The molecule has 3 rings (SSSR count). The molecular formula is C19H16FNO3S2. The molecule has 1 aromatic carbocycles. The third kappa shape index (κ3) is 4.56. The standard InChI is InChI=1S/C19H16FNO3S2/c1-12-4-9-16(26-12)19(23)24-11-17(22)21-18(15-3-2-10-25-15)13-5-7-14(20)8-6-13/h2-10,18H,11H2,1H3,(H,21,22)/t18-/m1/s1. The van der Waals surface area contributed by atoms with Crippen LogP contribution in [0.3, 0.4) is 0 Å². The van der Waals surface area contributed by atoms with Gasteiger partial charge in [-0.25, -0.2) is 9.18 Å². The van der Waals surface area contributed by atoms with Crippen LogP contribution in [0, 0.1) is 12.7 Å². The van der Waals surface area contributed by atoms with Crippen molar-refractivity contribution in [3.05, 3.63) is 79.9 Å². The van der Waals surface area contributed by atoms with Gasteiger partial charge in [0.05, 0.1) is 6.04 Å². The fourth-order valence-electron chi connectivity index (χ4n) is 2.38. The number of benzene rings is 1. The molecule has 3 aromatic rings. The summed E-state index contributed by atoms with van der Waals surface area (Å²) < 4.78 is 18.3. The molecule has 7 heteroatoms. The minimum absolute atomic E-state index is 0.342. The maximum absolute atomic E-state index is 13.2. The molecule has 0 saturated heterocycles. The first-order chi connectivity index (χ1) is 12.5. The highest BCUT2D eigenvalue weighted by Crippen LogP contribution is 2.26. The fourth-order valence-corrected chi connectivity index (χ4v) is 3.94. The highest BCUT2D eigenvalue weighted by molar-refractivity contribution is 7.13. The van der Waals surface area contributed by atoms with Crippen molar-refractivity contribution in [3.8, 4) is 0 Å². The van der Waals surface area contributed by atoms with Crippen molar-refractivity contribution >= 4 is 34.6 Å². The molecule has 0 fully saturated rings. The van der Waals surface area contributed by atoms with Crippen LogP contribution in [-0.2, 0) is 9.53 Å². The van der Waals surface area contributed by atoms with Crippen LogP contribution in [0.1, 0.15) is 31.0 Å². The zero-order chi connectivity index (χ0) is 18.5. The van der Waals surface area contributed by atoms with Crippen molar-refractivity contribution in [2.45, 2.75) is 13.0 Å². The Balaban J connectivity index is 1.66. The molecule has 1 amide bonds. The molecule has 2 heterocycles. The molecule has 1 atom stereocenters. The molecule has 1 N–H and O–H groups in total. The largest absolute Gasteiger partial charge is 0.451 e. The van der Waals surface area contributed by atoms with Gasteiger partial charge in [0.25, 0.3) is 5.91 Å². The summed E-state index contributed by atoms with van der Waals surface area (Å²) in [6.07, 6.45) is 0. The Morgan fingerprint density at radius 1 is 1.15 bits per heavy atom. The average Bonchev–Trinajstić information content (AvgIpc) is 3.30. The predicted octanol–water partition coefficient (Wildman–Crippen LogP) is 4.32. The Labute approximate surface area is 158 Å². The van der Waals surface area contributed by atoms with Crippen LogP contribution in [0.5, 0.6) is 0 Å². The van der Waals surface area contributed by atoms with E-state index < -0.39 is 17.9 Å². The summed E-state index contributed by atoms with van der Waals surface area (Å²) in [6.45, 7) is 1.52. The van der Waals surface area contributed by atoms with Crippen LogP contribution in [0.15, 0.2) is 53.9 Å². The summed E-state index contributed by atoms with van der Waals surface area (Å²) in [6, 6.07) is 12.8. The van der Waals surface area contributed by atoms with Crippen LogP contribution in [0.2, 0.25) is 0 Å². The Kier molecular flexibility index (Phi) is 5.80. The predicted molar refractivity (Wildman–Crippen MR) is 100 cm³/mol. The van der Waals surface area contributed by atoms with Gasteiger partial charge in [-0.05, 0) is 48.2 Å². The zero-order valence-electron chi connectivity index (χ0n) is 13.9.